The number of rotatable bonds is 8. The predicted molar refractivity (Wildman–Crippen MR) is 94.5 cm³/mol. The first-order valence-electron chi connectivity index (χ1n) is 7.41. The first-order valence-corrected chi connectivity index (χ1v) is 8.20. The molecule has 0 aliphatic heterocycles. The molecular formula is C16H22BrClN2O3. The zero-order chi connectivity index (χ0) is 15.9. The van der Waals surface area contributed by atoms with Crippen molar-refractivity contribution in [1.82, 2.24) is 10.6 Å². The summed E-state index contributed by atoms with van der Waals surface area (Å²) in [7, 11) is 1.35. The van der Waals surface area contributed by atoms with E-state index in [1.54, 1.807) is 0 Å². The molecule has 0 spiro atoms. The maximum absolute atomic E-state index is 12.0. The number of nitrogens with one attached hydrogen (secondary N) is 2. The SMILES string of the molecule is COC(=O)CC(NC(=O)CNCC1CC1)c1cccc(Br)c1.Cl. The molecule has 2 N–H and O–H groups in total. The highest BCUT2D eigenvalue weighted by atomic mass is 79.9. The molecule has 23 heavy (non-hydrogen) atoms. The van der Waals surface area contributed by atoms with Crippen molar-refractivity contribution in [3.8, 4) is 0 Å². The van der Waals surface area contributed by atoms with Crippen LogP contribution in [0.15, 0.2) is 28.7 Å². The molecule has 0 bridgehead atoms. The fourth-order valence-corrected chi connectivity index (χ4v) is 2.60. The molecule has 1 aliphatic rings. The molecule has 1 aromatic rings. The molecule has 1 fully saturated rings. The van der Waals surface area contributed by atoms with Crippen LogP contribution in [0, 0.1) is 5.92 Å². The number of hydrogen-bond donors (Lipinski definition) is 2. The Balaban J connectivity index is 0.00000264. The molecule has 0 aromatic heterocycles. The molecule has 1 aliphatic carbocycles. The van der Waals surface area contributed by atoms with Crippen LogP contribution in [-0.4, -0.2) is 32.1 Å². The molecule has 1 amide bonds. The monoisotopic (exact) mass is 404 g/mol. The Morgan fingerprint density at radius 3 is 2.74 bits per heavy atom. The molecule has 5 nitrogen and oxygen atoms in total. The smallest absolute Gasteiger partial charge is 0.307 e. The topological polar surface area (TPSA) is 67.4 Å². The molecule has 1 unspecified atom stereocenters. The van der Waals surface area contributed by atoms with Gasteiger partial charge in [-0.1, -0.05) is 28.1 Å². The summed E-state index contributed by atoms with van der Waals surface area (Å²) in [4.78, 5) is 23.6. The van der Waals surface area contributed by atoms with Crippen LogP contribution < -0.4 is 10.6 Å². The number of carbonyl (C=O) groups is 2. The van der Waals surface area contributed by atoms with E-state index < -0.39 is 0 Å². The second-order valence-electron chi connectivity index (χ2n) is 5.53. The lowest BCUT2D eigenvalue weighted by atomic mass is 10.0. The second kappa shape index (κ2) is 9.90. The number of ether oxygens (including phenoxy) is 1. The Bertz CT molecular complexity index is 538. The first kappa shape index (κ1) is 19.9. The number of esters is 1. The highest BCUT2D eigenvalue weighted by Crippen LogP contribution is 2.27. The van der Waals surface area contributed by atoms with Crippen molar-refractivity contribution in [2.45, 2.75) is 25.3 Å². The van der Waals surface area contributed by atoms with Gasteiger partial charge < -0.3 is 15.4 Å². The number of hydrogen-bond acceptors (Lipinski definition) is 4. The molecule has 0 radical (unpaired) electrons. The van der Waals surface area contributed by atoms with E-state index in [4.69, 9.17) is 4.74 Å². The standard InChI is InChI=1S/C16H21BrN2O3.ClH/c1-22-16(21)8-14(12-3-2-4-13(17)7-12)19-15(20)10-18-9-11-5-6-11;/h2-4,7,11,14,18H,5-6,8-10H2,1H3,(H,19,20);1H. The fourth-order valence-electron chi connectivity index (χ4n) is 2.18. The maximum atomic E-state index is 12.0. The van der Waals surface area contributed by atoms with E-state index in [9.17, 15) is 9.59 Å². The van der Waals surface area contributed by atoms with Crippen LogP contribution in [0.1, 0.15) is 30.9 Å². The maximum Gasteiger partial charge on any atom is 0.307 e. The van der Waals surface area contributed by atoms with Crippen molar-refractivity contribution >= 4 is 40.2 Å². The van der Waals surface area contributed by atoms with Gasteiger partial charge in [-0.25, -0.2) is 0 Å². The van der Waals surface area contributed by atoms with Gasteiger partial charge in [-0.05, 0) is 43.0 Å². The summed E-state index contributed by atoms with van der Waals surface area (Å²) in [6, 6.07) is 7.17. The minimum atomic E-state index is -0.389. The van der Waals surface area contributed by atoms with Gasteiger partial charge in [0.2, 0.25) is 5.91 Å². The molecule has 1 saturated carbocycles. The second-order valence-corrected chi connectivity index (χ2v) is 6.45. The van der Waals surface area contributed by atoms with Gasteiger partial charge in [-0.2, -0.15) is 0 Å². The summed E-state index contributed by atoms with van der Waals surface area (Å²) in [6.07, 6.45) is 2.61. The van der Waals surface area contributed by atoms with Crippen LogP contribution in [0.5, 0.6) is 0 Å². The highest BCUT2D eigenvalue weighted by Gasteiger charge is 2.22. The summed E-state index contributed by atoms with van der Waals surface area (Å²) < 4.78 is 5.62. The van der Waals surface area contributed by atoms with Gasteiger partial charge in [-0.3, -0.25) is 9.59 Å². The van der Waals surface area contributed by atoms with Crippen molar-refractivity contribution < 1.29 is 14.3 Å². The van der Waals surface area contributed by atoms with Gasteiger partial charge in [-0.15, -0.1) is 12.4 Å². The van der Waals surface area contributed by atoms with Crippen molar-refractivity contribution in [3.63, 3.8) is 0 Å². The van der Waals surface area contributed by atoms with Gasteiger partial charge in [0.25, 0.3) is 0 Å². The number of amides is 1. The molecule has 7 heteroatoms. The van der Waals surface area contributed by atoms with Crippen molar-refractivity contribution in [3.05, 3.63) is 34.3 Å². The number of benzene rings is 1. The highest BCUT2D eigenvalue weighted by molar-refractivity contribution is 9.10. The lowest BCUT2D eigenvalue weighted by Crippen LogP contribution is -2.37. The van der Waals surface area contributed by atoms with Crippen LogP contribution in [0.4, 0.5) is 0 Å². The first-order chi connectivity index (χ1) is 10.6. The summed E-state index contributed by atoms with van der Waals surface area (Å²) >= 11 is 3.40. The normalized spacial score (nSPS) is 14.5. The minimum absolute atomic E-state index is 0. The molecule has 0 saturated heterocycles. The van der Waals surface area contributed by atoms with Crippen molar-refractivity contribution in [2.75, 3.05) is 20.2 Å². The van der Waals surface area contributed by atoms with Crippen molar-refractivity contribution in [2.24, 2.45) is 5.92 Å². The van der Waals surface area contributed by atoms with E-state index in [1.165, 1.54) is 20.0 Å². The van der Waals surface area contributed by atoms with E-state index in [0.29, 0.717) is 0 Å². The van der Waals surface area contributed by atoms with Gasteiger partial charge in [0, 0.05) is 4.47 Å². The largest absolute Gasteiger partial charge is 0.469 e. The van der Waals surface area contributed by atoms with Crippen LogP contribution in [0.3, 0.4) is 0 Å². The fraction of sp³-hybridized carbons (Fsp3) is 0.500. The Morgan fingerprint density at radius 1 is 1.39 bits per heavy atom. The average Bonchev–Trinajstić information content (AvgIpc) is 3.30. The predicted octanol–water partition coefficient (Wildman–Crippen LogP) is 2.59. The lowest BCUT2D eigenvalue weighted by Gasteiger charge is -2.18. The van der Waals surface area contributed by atoms with Crippen LogP contribution in [0.2, 0.25) is 0 Å². The lowest BCUT2D eigenvalue weighted by molar-refractivity contribution is -0.141. The molecule has 1 aromatic carbocycles. The molecule has 128 valence electrons. The minimum Gasteiger partial charge on any atom is -0.469 e. The molecule has 2 rings (SSSR count). The summed E-state index contributed by atoms with van der Waals surface area (Å²) in [6.45, 7) is 1.15. The number of halogens is 2. The Kier molecular flexibility index (Phi) is 8.58. The van der Waals surface area contributed by atoms with Crippen LogP contribution in [0.25, 0.3) is 0 Å². The third-order valence-corrected chi connectivity index (χ3v) is 4.09. The Labute approximate surface area is 151 Å². The van der Waals surface area contributed by atoms with E-state index in [2.05, 4.69) is 26.6 Å². The number of carbonyl (C=O) groups excluding carboxylic acids is 2. The Morgan fingerprint density at radius 2 is 2.13 bits per heavy atom. The molecule has 1 atom stereocenters. The quantitative estimate of drug-likeness (QED) is 0.652. The van der Waals surface area contributed by atoms with E-state index in [0.717, 1.165) is 22.5 Å². The van der Waals surface area contributed by atoms with Gasteiger partial charge in [0.05, 0.1) is 26.1 Å². The van der Waals surface area contributed by atoms with E-state index in [-0.39, 0.29) is 43.3 Å². The molecular weight excluding hydrogens is 384 g/mol. The third-order valence-electron chi connectivity index (χ3n) is 3.60. The number of methoxy groups -OCH3 is 1. The molecule has 0 heterocycles. The van der Waals surface area contributed by atoms with Gasteiger partial charge in [0.15, 0.2) is 0 Å². The Hall–Kier alpha value is -1.11. The van der Waals surface area contributed by atoms with Crippen LogP contribution >= 0.6 is 28.3 Å². The van der Waals surface area contributed by atoms with E-state index in [1.807, 2.05) is 24.3 Å². The van der Waals surface area contributed by atoms with Gasteiger partial charge >= 0.3 is 5.97 Å². The van der Waals surface area contributed by atoms with Crippen molar-refractivity contribution in [1.29, 1.82) is 0 Å². The summed E-state index contributed by atoms with van der Waals surface area (Å²) in [5.74, 6) is 0.259. The zero-order valence-corrected chi connectivity index (χ0v) is 15.4. The van der Waals surface area contributed by atoms with Gasteiger partial charge in [0.1, 0.15) is 0 Å². The van der Waals surface area contributed by atoms with E-state index >= 15 is 0 Å². The van der Waals surface area contributed by atoms with Crippen LogP contribution in [-0.2, 0) is 14.3 Å². The third kappa shape index (κ3) is 7.33. The summed E-state index contributed by atoms with van der Waals surface area (Å²) in [5.41, 5.74) is 0.871. The summed E-state index contributed by atoms with van der Waals surface area (Å²) in [5, 5.41) is 6.04. The zero-order valence-electron chi connectivity index (χ0n) is 13.0. The average molecular weight is 406 g/mol.